The first-order valence-electron chi connectivity index (χ1n) is 5.55. The van der Waals surface area contributed by atoms with E-state index in [1.165, 1.54) is 19.2 Å². The lowest BCUT2D eigenvalue weighted by Gasteiger charge is -2.02. The summed E-state index contributed by atoms with van der Waals surface area (Å²) in [7, 11) is 1.47. The highest BCUT2D eigenvalue weighted by Gasteiger charge is 2.22. The van der Waals surface area contributed by atoms with Crippen LogP contribution in [-0.2, 0) is 4.74 Å². The zero-order chi connectivity index (χ0) is 13.3. The number of esters is 1. The lowest BCUT2D eigenvalue weighted by Crippen LogP contribution is -2.05. The van der Waals surface area contributed by atoms with Gasteiger partial charge in [-0.15, -0.1) is 0 Å². The standard InChI is InChI=1S/C13H14O5/c1-4-17-13(15)11-7(2)18-12-9(11)5-8(14)6-10(12)16-3/h5-6,14H,4H2,1-3H3. The minimum atomic E-state index is -0.471. The largest absolute Gasteiger partial charge is 0.508 e. The molecule has 5 heteroatoms. The molecule has 0 radical (unpaired) electrons. The lowest BCUT2D eigenvalue weighted by atomic mass is 10.1. The number of phenols is 1. The van der Waals surface area contributed by atoms with Gasteiger partial charge in [0.25, 0.3) is 0 Å². The Morgan fingerprint density at radius 1 is 1.44 bits per heavy atom. The van der Waals surface area contributed by atoms with Gasteiger partial charge in [-0.25, -0.2) is 4.79 Å². The summed E-state index contributed by atoms with van der Waals surface area (Å²) >= 11 is 0. The summed E-state index contributed by atoms with van der Waals surface area (Å²) in [6, 6.07) is 2.89. The zero-order valence-electron chi connectivity index (χ0n) is 10.4. The molecule has 2 rings (SSSR count). The Balaban J connectivity index is 2.70. The van der Waals surface area contributed by atoms with E-state index < -0.39 is 5.97 Å². The number of hydrogen-bond acceptors (Lipinski definition) is 5. The van der Waals surface area contributed by atoms with Crippen LogP contribution >= 0.6 is 0 Å². The van der Waals surface area contributed by atoms with Crippen LogP contribution in [0.15, 0.2) is 16.5 Å². The van der Waals surface area contributed by atoms with Crippen LogP contribution in [-0.4, -0.2) is 24.8 Å². The van der Waals surface area contributed by atoms with Crippen molar-refractivity contribution in [2.24, 2.45) is 0 Å². The number of methoxy groups -OCH3 is 1. The third-order valence-corrected chi connectivity index (χ3v) is 2.62. The Kier molecular flexibility index (Phi) is 3.14. The van der Waals surface area contributed by atoms with Crippen molar-refractivity contribution in [2.45, 2.75) is 13.8 Å². The van der Waals surface area contributed by atoms with E-state index in [0.717, 1.165) is 0 Å². The fraction of sp³-hybridized carbons (Fsp3) is 0.308. The van der Waals surface area contributed by atoms with Gasteiger partial charge < -0.3 is 19.0 Å². The second-order valence-corrected chi connectivity index (χ2v) is 3.78. The van der Waals surface area contributed by atoms with Crippen LogP contribution < -0.4 is 4.74 Å². The minimum absolute atomic E-state index is 0.00528. The molecule has 0 aliphatic rings. The van der Waals surface area contributed by atoms with E-state index in [1.54, 1.807) is 13.8 Å². The lowest BCUT2D eigenvalue weighted by molar-refractivity contribution is 0.0526. The molecule has 2 aromatic rings. The van der Waals surface area contributed by atoms with Gasteiger partial charge >= 0.3 is 5.97 Å². The Morgan fingerprint density at radius 2 is 2.17 bits per heavy atom. The highest BCUT2D eigenvalue weighted by Crippen LogP contribution is 2.36. The topological polar surface area (TPSA) is 68.9 Å². The maximum absolute atomic E-state index is 11.8. The monoisotopic (exact) mass is 250 g/mol. The van der Waals surface area contributed by atoms with Gasteiger partial charge in [-0.05, 0) is 19.9 Å². The number of phenolic OH excluding ortho intramolecular Hbond substituents is 1. The van der Waals surface area contributed by atoms with Crippen molar-refractivity contribution < 1.29 is 23.8 Å². The molecular formula is C13H14O5. The van der Waals surface area contributed by atoms with Gasteiger partial charge in [-0.2, -0.15) is 0 Å². The second kappa shape index (κ2) is 4.60. The molecule has 0 aliphatic heterocycles. The smallest absolute Gasteiger partial charge is 0.342 e. The van der Waals surface area contributed by atoms with Crippen LogP contribution in [0, 0.1) is 6.92 Å². The molecule has 0 bridgehead atoms. The first kappa shape index (κ1) is 12.3. The van der Waals surface area contributed by atoms with Crippen molar-refractivity contribution in [3.8, 4) is 11.5 Å². The predicted octanol–water partition coefficient (Wildman–Crippen LogP) is 2.63. The summed E-state index contributed by atoms with van der Waals surface area (Å²) in [6.45, 7) is 3.68. The van der Waals surface area contributed by atoms with Gasteiger partial charge in [-0.1, -0.05) is 0 Å². The first-order chi connectivity index (χ1) is 8.58. The number of ether oxygens (including phenoxy) is 2. The molecule has 0 amide bonds. The average Bonchev–Trinajstić information content (AvgIpc) is 2.64. The maximum atomic E-state index is 11.8. The van der Waals surface area contributed by atoms with Gasteiger partial charge in [0.05, 0.1) is 13.7 Å². The molecule has 18 heavy (non-hydrogen) atoms. The SMILES string of the molecule is CCOC(=O)c1c(C)oc2c(OC)cc(O)cc12. The number of fused-ring (bicyclic) bond motifs is 1. The van der Waals surface area contributed by atoms with Crippen molar-refractivity contribution >= 4 is 16.9 Å². The molecule has 1 aromatic heterocycles. The Bertz CT molecular complexity index is 597. The number of hydrogen-bond donors (Lipinski definition) is 1. The third-order valence-electron chi connectivity index (χ3n) is 2.62. The van der Waals surface area contributed by atoms with E-state index in [2.05, 4.69) is 0 Å². The molecule has 1 aromatic carbocycles. The van der Waals surface area contributed by atoms with Crippen LogP contribution in [0.5, 0.6) is 11.5 Å². The van der Waals surface area contributed by atoms with Crippen LogP contribution in [0.3, 0.4) is 0 Å². The van der Waals surface area contributed by atoms with E-state index in [4.69, 9.17) is 13.9 Å². The highest BCUT2D eigenvalue weighted by atomic mass is 16.5. The van der Waals surface area contributed by atoms with E-state index >= 15 is 0 Å². The molecule has 0 spiro atoms. The summed E-state index contributed by atoms with van der Waals surface area (Å²) in [5.74, 6) is 0.350. The van der Waals surface area contributed by atoms with E-state index in [-0.39, 0.29) is 12.4 Å². The Morgan fingerprint density at radius 3 is 2.78 bits per heavy atom. The van der Waals surface area contributed by atoms with E-state index in [0.29, 0.717) is 28.0 Å². The van der Waals surface area contributed by atoms with Crippen LogP contribution in [0.4, 0.5) is 0 Å². The molecule has 0 aliphatic carbocycles. The van der Waals surface area contributed by atoms with Gasteiger partial charge in [0.2, 0.25) is 0 Å². The number of rotatable bonds is 3. The molecule has 0 saturated heterocycles. The Labute approximate surface area is 104 Å². The molecule has 0 atom stereocenters. The van der Waals surface area contributed by atoms with Crippen LogP contribution in [0.1, 0.15) is 23.0 Å². The van der Waals surface area contributed by atoms with Crippen molar-refractivity contribution in [3.63, 3.8) is 0 Å². The summed E-state index contributed by atoms with van der Waals surface area (Å²) < 4.78 is 15.6. The molecule has 96 valence electrons. The quantitative estimate of drug-likeness (QED) is 0.848. The van der Waals surface area contributed by atoms with Crippen molar-refractivity contribution in [1.29, 1.82) is 0 Å². The Hall–Kier alpha value is -2.17. The summed E-state index contributed by atoms with van der Waals surface area (Å²) in [5, 5.41) is 10.1. The normalized spacial score (nSPS) is 10.6. The molecule has 1 N–H and O–H groups in total. The first-order valence-corrected chi connectivity index (χ1v) is 5.55. The number of carbonyl (C=O) groups excluding carboxylic acids is 1. The minimum Gasteiger partial charge on any atom is -0.508 e. The maximum Gasteiger partial charge on any atom is 0.342 e. The summed E-state index contributed by atoms with van der Waals surface area (Å²) in [6.07, 6.45) is 0. The molecule has 1 heterocycles. The number of aromatic hydroxyl groups is 1. The molecule has 5 nitrogen and oxygen atoms in total. The van der Waals surface area contributed by atoms with Crippen molar-refractivity contribution in [1.82, 2.24) is 0 Å². The van der Waals surface area contributed by atoms with Gasteiger partial charge in [0, 0.05) is 11.5 Å². The number of aryl methyl sites for hydroxylation is 1. The molecule has 0 fully saturated rings. The predicted molar refractivity (Wildman–Crippen MR) is 65.1 cm³/mol. The van der Waals surface area contributed by atoms with Gasteiger partial charge in [0.1, 0.15) is 17.1 Å². The zero-order valence-corrected chi connectivity index (χ0v) is 10.4. The van der Waals surface area contributed by atoms with Crippen LogP contribution in [0.2, 0.25) is 0 Å². The number of furan rings is 1. The van der Waals surface area contributed by atoms with Crippen molar-refractivity contribution in [2.75, 3.05) is 13.7 Å². The van der Waals surface area contributed by atoms with E-state index in [1.807, 2.05) is 0 Å². The third kappa shape index (κ3) is 1.88. The summed E-state index contributed by atoms with van der Waals surface area (Å²) in [4.78, 5) is 11.8. The number of carbonyl (C=O) groups is 1. The number of benzene rings is 1. The molecule has 0 unspecified atom stereocenters. The van der Waals surface area contributed by atoms with Gasteiger partial charge in [0.15, 0.2) is 11.3 Å². The van der Waals surface area contributed by atoms with Crippen LogP contribution in [0.25, 0.3) is 11.0 Å². The fourth-order valence-electron chi connectivity index (χ4n) is 1.88. The van der Waals surface area contributed by atoms with Crippen molar-refractivity contribution in [3.05, 3.63) is 23.5 Å². The highest BCUT2D eigenvalue weighted by molar-refractivity contribution is 6.06. The van der Waals surface area contributed by atoms with E-state index in [9.17, 15) is 9.90 Å². The van der Waals surface area contributed by atoms with Gasteiger partial charge in [-0.3, -0.25) is 0 Å². The molecule has 0 saturated carbocycles. The fourth-order valence-corrected chi connectivity index (χ4v) is 1.88. The summed E-state index contributed by atoms with van der Waals surface area (Å²) in [5.41, 5.74) is 0.747. The second-order valence-electron chi connectivity index (χ2n) is 3.78. The average molecular weight is 250 g/mol. The molecular weight excluding hydrogens is 236 g/mol.